The largest absolute Gasteiger partial charge is 0.363 e. The third-order valence-corrected chi connectivity index (χ3v) is 4.73. The highest BCUT2D eigenvalue weighted by molar-refractivity contribution is 6.00. The van der Waals surface area contributed by atoms with E-state index in [1.807, 2.05) is 51.9 Å². The molecule has 0 radical (unpaired) electrons. The van der Waals surface area contributed by atoms with Crippen LogP contribution in [0.5, 0.6) is 0 Å². The third kappa shape index (κ3) is 4.73. The normalized spacial score (nSPS) is 11.8. The molecule has 0 fully saturated rings. The molecule has 2 rings (SSSR count). The number of nitrogens with one attached hydrogen (secondary N) is 1. The van der Waals surface area contributed by atoms with Crippen molar-refractivity contribution >= 4 is 17.3 Å². The fraction of sp³-hybridized carbons (Fsp3) is 0.364. The minimum absolute atomic E-state index is 0.114. The van der Waals surface area contributed by atoms with Crippen molar-refractivity contribution < 1.29 is 9.18 Å². The zero-order chi connectivity index (χ0) is 20.1. The van der Waals surface area contributed by atoms with Gasteiger partial charge in [0.15, 0.2) is 0 Å². The molecule has 0 aliphatic heterocycles. The number of anilines is 1. The molecular formula is C22H28FN3O. The summed E-state index contributed by atoms with van der Waals surface area (Å²) in [5.74, 6) is 0.396. The van der Waals surface area contributed by atoms with E-state index in [4.69, 9.17) is 0 Å². The van der Waals surface area contributed by atoms with E-state index < -0.39 is 0 Å². The molecule has 5 heteroatoms. The lowest BCUT2D eigenvalue weighted by Crippen LogP contribution is -2.25. The van der Waals surface area contributed by atoms with Crippen molar-refractivity contribution in [2.45, 2.75) is 34.1 Å². The number of halogens is 1. The first kappa shape index (κ1) is 20.6. The van der Waals surface area contributed by atoms with E-state index in [-0.39, 0.29) is 11.7 Å². The van der Waals surface area contributed by atoms with E-state index in [1.165, 1.54) is 12.1 Å². The number of nitrogens with zero attached hydrogens (tertiary/aromatic N) is 2. The van der Waals surface area contributed by atoms with Crippen LogP contribution in [0.1, 0.15) is 38.3 Å². The van der Waals surface area contributed by atoms with Crippen LogP contribution in [0.2, 0.25) is 0 Å². The lowest BCUT2D eigenvalue weighted by Gasteiger charge is -2.16. The molecule has 1 heterocycles. The number of carbonyl (C=O) groups is 1. The molecule has 1 aromatic carbocycles. The molecule has 0 aliphatic carbocycles. The molecule has 4 nitrogen and oxygen atoms in total. The van der Waals surface area contributed by atoms with Crippen LogP contribution in [0.25, 0.3) is 16.7 Å². The summed E-state index contributed by atoms with van der Waals surface area (Å²) < 4.78 is 14.4. The average molecular weight is 369 g/mol. The van der Waals surface area contributed by atoms with Gasteiger partial charge in [-0.15, -0.1) is 0 Å². The van der Waals surface area contributed by atoms with Crippen LogP contribution in [-0.2, 0) is 4.79 Å². The van der Waals surface area contributed by atoms with E-state index in [9.17, 15) is 9.18 Å². The monoisotopic (exact) mass is 369 g/mol. The quantitative estimate of drug-likeness (QED) is 0.758. The molecule has 1 amide bonds. The second-order valence-corrected chi connectivity index (χ2v) is 6.93. The van der Waals surface area contributed by atoms with Gasteiger partial charge in [-0.3, -0.25) is 4.79 Å². The SMILES string of the molecule is CCCNC(=O)/C(C)=C(\C)c1cc(F)cc(-c2ccc(N(C)C)nc2)c1C. The summed E-state index contributed by atoms with van der Waals surface area (Å²) >= 11 is 0. The van der Waals surface area contributed by atoms with Crippen LogP contribution in [0.4, 0.5) is 10.2 Å². The van der Waals surface area contributed by atoms with Gasteiger partial charge < -0.3 is 10.2 Å². The Morgan fingerprint density at radius 3 is 2.48 bits per heavy atom. The molecule has 2 aromatic rings. The topological polar surface area (TPSA) is 45.2 Å². The second-order valence-electron chi connectivity index (χ2n) is 6.93. The van der Waals surface area contributed by atoms with Gasteiger partial charge in [0.1, 0.15) is 11.6 Å². The van der Waals surface area contributed by atoms with E-state index in [1.54, 1.807) is 13.1 Å². The first-order valence-corrected chi connectivity index (χ1v) is 9.16. The summed E-state index contributed by atoms with van der Waals surface area (Å²) in [4.78, 5) is 18.6. The molecular weight excluding hydrogens is 341 g/mol. The second kappa shape index (κ2) is 8.80. The highest BCUT2D eigenvalue weighted by Crippen LogP contribution is 2.32. The number of pyridine rings is 1. The van der Waals surface area contributed by atoms with Gasteiger partial charge in [0.25, 0.3) is 0 Å². The minimum Gasteiger partial charge on any atom is -0.363 e. The molecule has 0 saturated carbocycles. The number of carbonyl (C=O) groups excluding carboxylic acids is 1. The highest BCUT2D eigenvalue weighted by Gasteiger charge is 2.15. The summed E-state index contributed by atoms with van der Waals surface area (Å²) in [7, 11) is 3.85. The maximum Gasteiger partial charge on any atom is 0.247 e. The molecule has 0 unspecified atom stereocenters. The summed E-state index contributed by atoms with van der Waals surface area (Å²) in [5, 5.41) is 2.87. The molecule has 0 aliphatic rings. The molecule has 0 atom stereocenters. The van der Waals surface area contributed by atoms with Crippen LogP contribution in [0, 0.1) is 12.7 Å². The lowest BCUT2D eigenvalue weighted by atomic mass is 9.91. The van der Waals surface area contributed by atoms with E-state index in [0.717, 1.165) is 40.1 Å². The predicted octanol–water partition coefficient (Wildman–Crippen LogP) is 4.58. The van der Waals surface area contributed by atoms with Crippen LogP contribution in [0.15, 0.2) is 36.0 Å². The Labute approximate surface area is 161 Å². The summed E-state index contributed by atoms with van der Waals surface area (Å²) in [6, 6.07) is 6.86. The average Bonchev–Trinajstić information content (AvgIpc) is 2.66. The van der Waals surface area contributed by atoms with Gasteiger partial charge in [0.05, 0.1) is 0 Å². The van der Waals surface area contributed by atoms with Crippen molar-refractivity contribution in [3.8, 4) is 11.1 Å². The van der Waals surface area contributed by atoms with E-state index in [2.05, 4.69) is 10.3 Å². The molecule has 1 aromatic heterocycles. The first-order chi connectivity index (χ1) is 12.8. The molecule has 27 heavy (non-hydrogen) atoms. The number of benzene rings is 1. The van der Waals surface area contributed by atoms with Gasteiger partial charge in [0.2, 0.25) is 5.91 Å². The molecule has 144 valence electrons. The summed E-state index contributed by atoms with van der Waals surface area (Å²) in [5.41, 5.74) is 4.68. The van der Waals surface area contributed by atoms with Gasteiger partial charge >= 0.3 is 0 Å². The Morgan fingerprint density at radius 1 is 1.22 bits per heavy atom. The van der Waals surface area contributed by atoms with Gasteiger partial charge in [-0.25, -0.2) is 9.37 Å². The third-order valence-electron chi connectivity index (χ3n) is 4.73. The van der Waals surface area contributed by atoms with Gasteiger partial charge in [-0.1, -0.05) is 6.92 Å². The Balaban J connectivity index is 2.50. The number of aromatic nitrogens is 1. The van der Waals surface area contributed by atoms with Gasteiger partial charge in [-0.2, -0.15) is 0 Å². The number of allylic oxidation sites excluding steroid dienone is 1. The molecule has 0 bridgehead atoms. The van der Waals surface area contributed by atoms with Crippen molar-refractivity contribution in [2.75, 3.05) is 25.5 Å². The standard InChI is InChI=1S/C22H28FN3O/c1-7-10-24-22(27)15(3)14(2)19-11-18(23)12-20(16(19)4)17-8-9-21(25-13-17)26(5)6/h8-9,11-13H,7,10H2,1-6H3,(H,24,27)/b15-14+. The molecule has 0 spiro atoms. The zero-order valence-electron chi connectivity index (χ0n) is 17.0. The Hall–Kier alpha value is -2.69. The van der Waals surface area contributed by atoms with Crippen LogP contribution < -0.4 is 10.2 Å². The number of amides is 1. The van der Waals surface area contributed by atoms with Crippen molar-refractivity contribution in [1.82, 2.24) is 10.3 Å². The maximum absolute atomic E-state index is 14.4. The smallest absolute Gasteiger partial charge is 0.247 e. The van der Waals surface area contributed by atoms with Crippen LogP contribution in [-0.4, -0.2) is 31.5 Å². The number of hydrogen-bond acceptors (Lipinski definition) is 3. The van der Waals surface area contributed by atoms with Crippen molar-refractivity contribution in [1.29, 1.82) is 0 Å². The predicted molar refractivity (Wildman–Crippen MR) is 110 cm³/mol. The van der Waals surface area contributed by atoms with E-state index in [0.29, 0.717) is 12.1 Å². The van der Waals surface area contributed by atoms with Crippen molar-refractivity contribution in [2.24, 2.45) is 0 Å². The fourth-order valence-electron chi connectivity index (χ4n) is 2.92. The Kier molecular flexibility index (Phi) is 6.72. The lowest BCUT2D eigenvalue weighted by molar-refractivity contribution is -0.117. The number of hydrogen-bond donors (Lipinski definition) is 1. The summed E-state index contributed by atoms with van der Waals surface area (Å²) in [6.07, 6.45) is 2.62. The van der Waals surface area contributed by atoms with Crippen molar-refractivity contribution in [3.05, 3.63) is 53.0 Å². The van der Waals surface area contributed by atoms with Crippen LogP contribution in [0.3, 0.4) is 0 Å². The van der Waals surface area contributed by atoms with E-state index >= 15 is 0 Å². The molecule has 1 N–H and O–H groups in total. The fourth-order valence-corrected chi connectivity index (χ4v) is 2.92. The first-order valence-electron chi connectivity index (χ1n) is 9.16. The highest BCUT2D eigenvalue weighted by atomic mass is 19.1. The summed E-state index contributed by atoms with van der Waals surface area (Å²) in [6.45, 7) is 8.22. The molecule has 0 saturated heterocycles. The van der Waals surface area contributed by atoms with Crippen LogP contribution >= 0.6 is 0 Å². The Morgan fingerprint density at radius 2 is 1.93 bits per heavy atom. The van der Waals surface area contributed by atoms with Gasteiger partial charge in [-0.05, 0) is 73.7 Å². The zero-order valence-corrected chi connectivity index (χ0v) is 17.0. The van der Waals surface area contributed by atoms with Gasteiger partial charge in [0, 0.05) is 38.0 Å². The minimum atomic E-state index is -0.330. The Bertz CT molecular complexity index is 855. The number of rotatable bonds is 6. The van der Waals surface area contributed by atoms with Crippen molar-refractivity contribution in [3.63, 3.8) is 0 Å². The maximum atomic E-state index is 14.4.